The molecule has 0 aromatic heterocycles. The summed E-state index contributed by atoms with van der Waals surface area (Å²) in [5.41, 5.74) is 0.797. The van der Waals surface area contributed by atoms with Crippen molar-refractivity contribution in [2.24, 2.45) is 0 Å². The molecule has 0 aliphatic carbocycles. The Morgan fingerprint density at radius 3 is 2.46 bits per heavy atom. The number of carbonyl (C=O) groups is 2. The summed E-state index contributed by atoms with van der Waals surface area (Å²) in [5.74, 6) is -0.441. The van der Waals surface area contributed by atoms with E-state index in [-0.39, 0.29) is 37.3 Å². The Kier molecular flexibility index (Phi) is 5.59. The van der Waals surface area contributed by atoms with Crippen LogP contribution in [0.1, 0.15) is 18.5 Å². The highest BCUT2D eigenvalue weighted by atomic mass is 32.2. The van der Waals surface area contributed by atoms with E-state index in [2.05, 4.69) is 5.32 Å². The molecule has 2 saturated heterocycles. The van der Waals surface area contributed by atoms with Crippen LogP contribution in [0.25, 0.3) is 0 Å². The van der Waals surface area contributed by atoms with Gasteiger partial charge in [-0.25, -0.2) is 8.42 Å². The summed E-state index contributed by atoms with van der Waals surface area (Å²) in [7, 11) is -3.25. The number of morpholine rings is 1. The lowest BCUT2D eigenvalue weighted by Gasteiger charge is -2.38. The molecule has 2 aliphatic heterocycles. The molecule has 2 atom stereocenters. The fourth-order valence-corrected chi connectivity index (χ4v) is 4.32. The lowest BCUT2D eigenvalue weighted by molar-refractivity contribution is -0.156. The zero-order chi connectivity index (χ0) is 18.7. The molecule has 3 rings (SSSR count). The van der Waals surface area contributed by atoms with Gasteiger partial charge in [-0.05, 0) is 12.5 Å². The van der Waals surface area contributed by atoms with Crippen molar-refractivity contribution in [1.82, 2.24) is 14.5 Å². The summed E-state index contributed by atoms with van der Waals surface area (Å²) in [5, 5.41) is 2.83. The van der Waals surface area contributed by atoms with Gasteiger partial charge < -0.3 is 15.0 Å². The van der Waals surface area contributed by atoms with Crippen LogP contribution in [0.2, 0.25) is 0 Å². The van der Waals surface area contributed by atoms with Gasteiger partial charge in [0.25, 0.3) is 5.91 Å². The topological polar surface area (TPSA) is 96.0 Å². The number of benzene rings is 1. The number of piperazine rings is 1. The first-order valence-electron chi connectivity index (χ1n) is 8.65. The van der Waals surface area contributed by atoms with Gasteiger partial charge in [-0.2, -0.15) is 4.31 Å². The predicted molar refractivity (Wildman–Crippen MR) is 94.7 cm³/mol. The molecular weight excluding hydrogens is 358 g/mol. The lowest BCUT2D eigenvalue weighted by atomic mass is 9.98. The third-order valence-corrected chi connectivity index (χ3v) is 6.61. The minimum absolute atomic E-state index is 0.0504. The molecule has 0 spiro atoms. The van der Waals surface area contributed by atoms with Crippen LogP contribution >= 0.6 is 0 Å². The summed E-state index contributed by atoms with van der Waals surface area (Å²) in [6.07, 6.45) is -0.815. The number of nitrogens with one attached hydrogen (secondary N) is 1. The molecular formula is C17H23N3O5S. The van der Waals surface area contributed by atoms with Crippen LogP contribution in [0.3, 0.4) is 0 Å². The highest BCUT2D eigenvalue weighted by molar-refractivity contribution is 7.89. The minimum atomic E-state index is -3.25. The van der Waals surface area contributed by atoms with E-state index in [9.17, 15) is 18.0 Å². The maximum Gasteiger partial charge on any atom is 0.254 e. The Labute approximate surface area is 153 Å². The van der Waals surface area contributed by atoms with Crippen LogP contribution in [-0.2, 0) is 24.3 Å². The summed E-state index contributed by atoms with van der Waals surface area (Å²) < 4.78 is 30.9. The van der Waals surface area contributed by atoms with Crippen molar-refractivity contribution in [3.8, 4) is 0 Å². The van der Waals surface area contributed by atoms with Crippen LogP contribution in [0.15, 0.2) is 30.3 Å². The van der Waals surface area contributed by atoms with Gasteiger partial charge in [-0.3, -0.25) is 9.59 Å². The maximum absolute atomic E-state index is 13.0. The molecule has 26 heavy (non-hydrogen) atoms. The van der Waals surface area contributed by atoms with Crippen molar-refractivity contribution >= 4 is 21.8 Å². The average molecular weight is 381 g/mol. The summed E-state index contributed by atoms with van der Waals surface area (Å²) in [6, 6.07) is 8.66. The van der Waals surface area contributed by atoms with Gasteiger partial charge in [-0.1, -0.05) is 30.3 Å². The first-order valence-corrected chi connectivity index (χ1v) is 10.3. The molecule has 1 aromatic rings. The van der Waals surface area contributed by atoms with Crippen molar-refractivity contribution in [2.75, 3.05) is 38.5 Å². The van der Waals surface area contributed by atoms with E-state index < -0.39 is 22.2 Å². The quantitative estimate of drug-likeness (QED) is 0.775. The number of ether oxygens (including phenoxy) is 1. The third kappa shape index (κ3) is 3.89. The summed E-state index contributed by atoms with van der Waals surface area (Å²) in [6.45, 7) is 2.62. The van der Waals surface area contributed by atoms with Crippen LogP contribution in [-0.4, -0.2) is 74.1 Å². The van der Waals surface area contributed by atoms with Crippen molar-refractivity contribution < 1.29 is 22.7 Å². The Morgan fingerprint density at radius 2 is 1.85 bits per heavy atom. The van der Waals surface area contributed by atoms with Crippen molar-refractivity contribution in [2.45, 2.75) is 19.1 Å². The number of rotatable bonds is 4. The third-order valence-electron chi connectivity index (χ3n) is 4.72. The monoisotopic (exact) mass is 381 g/mol. The van der Waals surface area contributed by atoms with E-state index in [0.717, 1.165) is 5.56 Å². The summed E-state index contributed by atoms with van der Waals surface area (Å²) in [4.78, 5) is 26.3. The van der Waals surface area contributed by atoms with E-state index >= 15 is 0 Å². The van der Waals surface area contributed by atoms with Crippen LogP contribution in [0, 0.1) is 0 Å². The Balaban J connectivity index is 1.71. The minimum Gasteiger partial charge on any atom is -0.356 e. The fourth-order valence-electron chi connectivity index (χ4n) is 3.23. The molecule has 2 fully saturated rings. The first kappa shape index (κ1) is 18.8. The average Bonchev–Trinajstić information content (AvgIpc) is 2.68. The van der Waals surface area contributed by atoms with E-state index in [4.69, 9.17) is 4.74 Å². The van der Waals surface area contributed by atoms with E-state index in [0.29, 0.717) is 13.1 Å². The Hall–Kier alpha value is -1.97. The smallest absolute Gasteiger partial charge is 0.254 e. The van der Waals surface area contributed by atoms with Gasteiger partial charge in [0.2, 0.25) is 15.9 Å². The molecule has 2 amide bonds. The van der Waals surface area contributed by atoms with Crippen molar-refractivity contribution in [3.63, 3.8) is 0 Å². The highest BCUT2D eigenvalue weighted by Gasteiger charge is 2.39. The standard InChI is InChI=1S/C17H23N3O5S/c1-2-26(23,24)20-10-8-19(9-11-20)17(22)16-15(18-14(21)12-25-16)13-6-4-3-5-7-13/h3-7,15-16H,2,8-12H2,1H3,(H,18,21)/t15-,16+/m1/s1. The SMILES string of the molecule is CCS(=O)(=O)N1CCN(C(=O)[C@H]2OCC(=O)N[C@@H]2c2ccccc2)CC1. The van der Waals surface area contributed by atoms with Gasteiger partial charge in [0.1, 0.15) is 6.61 Å². The number of sulfonamides is 1. The normalized spacial score (nSPS) is 25.0. The lowest BCUT2D eigenvalue weighted by Crippen LogP contribution is -2.57. The van der Waals surface area contributed by atoms with E-state index in [1.165, 1.54) is 4.31 Å². The Morgan fingerprint density at radius 1 is 1.19 bits per heavy atom. The molecule has 0 saturated carbocycles. The molecule has 2 aliphatic rings. The molecule has 0 radical (unpaired) electrons. The van der Waals surface area contributed by atoms with Crippen molar-refractivity contribution in [3.05, 3.63) is 35.9 Å². The largest absolute Gasteiger partial charge is 0.356 e. The van der Waals surface area contributed by atoms with Crippen molar-refractivity contribution in [1.29, 1.82) is 0 Å². The molecule has 1 aromatic carbocycles. The van der Waals surface area contributed by atoms with Gasteiger partial charge in [0.05, 0.1) is 11.8 Å². The van der Waals surface area contributed by atoms with E-state index in [1.807, 2.05) is 30.3 Å². The van der Waals surface area contributed by atoms with Crippen LogP contribution in [0.4, 0.5) is 0 Å². The molecule has 1 N–H and O–H groups in total. The fraction of sp³-hybridized carbons (Fsp3) is 0.529. The molecule has 0 unspecified atom stereocenters. The zero-order valence-electron chi connectivity index (χ0n) is 14.6. The second-order valence-electron chi connectivity index (χ2n) is 6.31. The number of amides is 2. The second-order valence-corrected chi connectivity index (χ2v) is 8.57. The highest BCUT2D eigenvalue weighted by Crippen LogP contribution is 2.24. The molecule has 9 heteroatoms. The van der Waals surface area contributed by atoms with Gasteiger partial charge in [0.15, 0.2) is 6.10 Å². The zero-order valence-corrected chi connectivity index (χ0v) is 15.4. The van der Waals surface area contributed by atoms with Crippen LogP contribution < -0.4 is 5.32 Å². The molecule has 8 nitrogen and oxygen atoms in total. The number of hydrogen-bond donors (Lipinski definition) is 1. The number of hydrogen-bond acceptors (Lipinski definition) is 5. The number of carbonyl (C=O) groups excluding carboxylic acids is 2. The second kappa shape index (κ2) is 7.73. The number of nitrogens with zero attached hydrogens (tertiary/aromatic N) is 2. The van der Waals surface area contributed by atoms with Gasteiger partial charge in [0, 0.05) is 26.2 Å². The van der Waals surface area contributed by atoms with Gasteiger partial charge >= 0.3 is 0 Å². The summed E-state index contributed by atoms with van der Waals surface area (Å²) >= 11 is 0. The predicted octanol–water partition coefficient (Wildman–Crippen LogP) is -0.263. The van der Waals surface area contributed by atoms with Crippen LogP contribution in [0.5, 0.6) is 0 Å². The first-order chi connectivity index (χ1) is 12.4. The Bertz CT molecular complexity index is 760. The molecule has 2 heterocycles. The molecule has 0 bridgehead atoms. The molecule has 142 valence electrons. The van der Waals surface area contributed by atoms with Gasteiger partial charge in [-0.15, -0.1) is 0 Å². The maximum atomic E-state index is 13.0. The van der Waals surface area contributed by atoms with E-state index in [1.54, 1.807) is 11.8 Å².